The van der Waals surface area contributed by atoms with E-state index in [1.807, 2.05) is 17.0 Å². The van der Waals surface area contributed by atoms with Gasteiger partial charge in [-0.3, -0.25) is 15.0 Å². The van der Waals surface area contributed by atoms with E-state index < -0.39 is 0 Å². The van der Waals surface area contributed by atoms with E-state index in [2.05, 4.69) is 23.0 Å². The van der Waals surface area contributed by atoms with Crippen LogP contribution in [0.4, 0.5) is 0 Å². The van der Waals surface area contributed by atoms with Gasteiger partial charge in [0.1, 0.15) is 6.04 Å². The number of nitrogens with zero attached hydrogens (tertiary/aromatic N) is 1. The van der Waals surface area contributed by atoms with Gasteiger partial charge < -0.3 is 4.90 Å². The third kappa shape index (κ3) is 1.59. The second-order valence-corrected chi connectivity index (χ2v) is 5.77. The van der Waals surface area contributed by atoms with Crippen molar-refractivity contribution in [1.29, 1.82) is 0 Å². The molecule has 104 valence electrons. The molecule has 0 aromatic heterocycles. The lowest BCUT2D eigenvalue weighted by molar-refractivity contribution is -0.138. The summed E-state index contributed by atoms with van der Waals surface area (Å²) in [6, 6.07) is 8.52. The zero-order chi connectivity index (χ0) is 13.7. The number of amides is 2. The standard InChI is InChI=1S/C15H17N3O2/c19-14-8-5-11(16-17-14)15(20)18-12-6-7-13(18)10-4-2-1-3-9(10)12/h1-4,11-13,16H,5-8H2,(H,17,19). The Balaban J connectivity index is 1.59. The van der Waals surface area contributed by atoms with Gasteiger partial charge in [0.15, 0.2) is 0 Å². The predicted octanol–water partition coefficient (Wildman–Crippen LogP) is 1.19. The number of carbonyl (C=O) groups excluding carboxylic acids is 2. The first kappa shape index (κ1) is 11.9. The highest BCUT2D eigenvalue weighted by Crippen LogP contribution is 2.53. The summed E-state index contributed by atoms with van der Waals surface area (Å²) in [5.74, 6) is 0.0791. The number of fused-ring (bicyclic) bond motifs is 5. The van der Waals surface area contributed by atoms with Gasteiger partial charge in [0, 0.05) is 6.42 Å². The second kappa shape index (κ2) is 4.31. The van der Waals surface area contributed by atoms with Gasteiger partial charge in [-0.25, -0.2) is 5.43 Å². The highest BCUT2D eigenvalue weighted by molar-refractivity contribution is 5.86. The van der Waals surface area contributed by atoms with Crippen molar-refractivity contribution in [3.8, 4) is 0 Å². The van der Waals surface area contributed by atoms with Crippen molar-refractivity contribution in [2.24, 2.45) is 0 Å². The third-order valence-corrected chi connectivity index (χ3v) is 4.70. The molecule has 2 N–H and O–H groups in total. The van der Waals surface area contributed by atoms with Crippen molar-refractivity contribution in [2.75, 3.05) is 0 Å². The summed E-state index contributed by atoms with van der Waals surface area (Å²) in [4.78, 5) is 25.9. The molecule has 3 aliphatic heterocycles. The molecule has 3 unspecified atom stereocenters. The van der Waals surface area contributed by atoms with Crippen LogP contribution in [0.15, 0.2) is 24.3 Å². The molecule has 0 saturated carbocycles. The Morgan fingerprint density at radius 2 is 1.75 bits per heavy atom. The molecule has 4 rings (SSSR count). The van der Waals surface area contributed by atoms with Gasteiger partial charge in [-0.05, 0) is 30.4 Å². The highest BCUT2D eigenvalue weighted by Gasteiger charge is 2.47. The van der Waals surface area contributed by atoms with Gasteiger partial charge in [0.2, 0.25) is 11.8 Å². The molecule has 3 heterocycles. The van der Waals surface area contributed by atoms with E-state index in [0.717, 1.165) is 12.8 Å². The van der Waals surface area contributed by atoms with Gasteiger partial charge in [-0.15, -0.1) is 0 Å². The smallest absolute Gasteiger partial charge is 0.242 e. The Kier molecular flexibility index (Phi) is 2.57. The highest BCUT2D eigenvalue weighted by atomic mass is 16.2. The van der Waals surface area contributed by atoms with Crippen molar-refractivity contribution in [1.82, 2.24) is 15.8 Å². The summed E-state index contributed by atoms with van der Waals surface area (Å²) in [6.45, 7) is 0. The second-order valence-electron chi connectivity index (χ2n) is 5.77. The van der Waals surface area contributed by atoms with Crippen molar-refractivity contribution in [3.05, 3.63) is 35.4 Å². The maximum atomic E-state index is 12.7. The normalized spacial score (nSPS) is 31.1. The lowest BCUT2D eigenvalue weighted by Crippen LogP contribution is -2.55. The molecular formula is C15H17N3O2. The average Bonchev–Trinajstić information content (AvgIpc) is 3.04. The number of hydrogen-bond acceptors (Lipinski definition) is 3. The monoisotopic (exact) mass is 271 g/mol. The first-order chi connectivity index (χ1) is 9.75. The number of nitrogens with one attached hydrogen (secondary N) is 2. The van der Waals surface area contributed by atoms with E-state index >= 15 is 0 Å². The van der Waals surface area contributed by atoms with E-state index in [1.165, 1.54) is 11.1 Å². The molecule has 5 nitrogen and oxygen atoms in total. The minimum absolute atomic E-state index is 0.0401. The van der Waals surface area contributed by atoms with E-state index in [9.17, 15) is 9.59 Å². The lowest BCUT2D eigenvalue weighted by atomic mass is 9.92. The Morgan fingerprint density at radius 3 is 2.30 bits per heavy atom. The largest absolute Gasteiger partial charge is 0.327 e. The quantitative estimate of drug-likeness (QED) is 0.806. The Labute approximate surface area is 117 Å². The molecule has 5 heteroatoms. The SMILES string of the molecule is O=C1CCC(C(=O)N2C3CCC2c2ccccc23)NN1. The van der Waals surface area contributed by atoms with Crippen LogP contribution in [0.3, 0.4) is 0 Å². The fourth-order valence-electron chi connectivity index (χ4n) is 3.79. The number of benzene rings is 1. The molecule has 0 radical (unpaired) electrons. The summed E-state index contributed by atoms with van der Waals surface area (Å²) in [5, 5.41) is 0. The van der Waals surface area contributed by atoms with Gasteiger partial charge in [-0.1, -0.05) is 24.3 Å². The lowest BCUT2D eigenvalue weighted by Gasteiger charge is -2.30. The van der Waals surface area contributed by atoms with E-state index in [4.69, 9.17) is 0 Å². The zero-order valence-electron chi connectivity index (χ0n) is 11.1. The summed E-state index contributed by atoms with van der Waals surface area (Å²) < 4.78 is 0. The molecule has 3 atom stereocenters. The van der Waals surface area contributed by atoms with Crippen molar-refractivity contribution >= 4 is 11.8 Å². The number of hydrazine groups is 1. The molecule has 2 fully saturated rings. The fourth-order valence-corrected chi connectivity index (χ4v) is 3.79. The van der Waals surface area contributed by atoms with Crippen molar-refractivity contribution in [2.45, 2.75) is 43.8 Å². The van der Waals surface area contributed by atoms with Crippen LogP contribution in [0, 0.1) is 0 Å². The molecule has 0 aliphatic carbocycles. The van der Waals surface area contributed by atoms with E-state index in [0.29, 0.717) is 12.8 Å². The molecule has 2 bridgehead atoms. The summed E-state index contributed by atoms with van der Waals surface area (Å²) in [7, 11) is 0. The van der Waals surface area contributed by atoms with Crippen LogP contribution in [-0.4, -0.2) is 22.8 Å². The van der Waals surface area contributed by atoms with Crippen LogP contribution in [0.1, 0.15) is 48.9 Å². The minimum Gasteiger partial charge on any atom is -0.327 e. The van der Waals surface area contributed by atoms with Gasteiger partial charge in [0.25, 0.3) is 0 Å². The van der Waals surface area contributed by atoms with Crippen LogP contribution < -0.4 is 10.9 Å². The molecule has 20 heavy (non-hydrogen) atoms. The van der Waals surface area contributed by atoms with Gasteiger partial charge in [-0.2, -0.15) is 0 Å². The molecular weight excluding hydrogens is 254 g/mol. The summed E-state index contributed by atoms with van der Waals surface area (Å²) in [6.07, 6.45) is 3.09. The predicted molar refractivity (Wildman–Crippen MR) is 72.3 cm³/mol. The van der Waals surface area contributed by atoms with Crippen molar-refractivity contribution < 1.29 is 9.59 Å². The molecule has 1 aromatic carbocycles. The molecule has 2 saturated heterocycles. The van der Waals surface area contributed by atoms with Crippen LogP contribution in [0.2, 0.25) is 0 Å². The average molecular weight is 271 g/mol. The van der Waals surface area contributed by atoms with E-state index in [1.54, 1.807) is 0 Å². The van der Waals surface area contributed by atoms with Crippen LogP contribution in [0.25, 0.3) is 0 Å². The molecule has 1 aromatic rings. The number of carbonyl (C=O) groups is 2. The Hall–Kier alpha value is -1.88. The maximum Gasteiger partial charge on any atom is 0.242 e. The van der Waals surface area contributed by atoms with Gasteiger partial charge >= 0.3 is 0 Å². The van der Waals surface area contributed by atoms with Crippen LogP contribution in [-0.2, 0) is 9.59 Å². The van der Waals surface area contributed by atoms with Crippen LogP contribution in [0.5, 0.6) is 0 Å². The number of rotatable bonds is 1. The number of hydrogen-bond donors (Lipinski definition) is 2. The summed E-state index contributed by atoms with van der Waals surface area (Å²) >= 11 is 0. The van der Waals surface area contributed by atoms with Crippen molar-refractivity contribution in [3.63, 3.8) is 0 Å². The Morgan fingerprint density at radius 1 is 1.10 bits per heavy atom. The first-order valence-corrected chi connectivity index (χ1v) is 7.21. The fraction of sp³-hybridized carbons (Fsp3) is 0.467. The molecule has 3 aliphatic rings. The Bertz CT molecular complexity index is 545. The van der Waals surface area contributed by atoms with Crippen LogP contribution >= 0.6 is 0 Å². The summed E-state index contributed by atoms with van der Waals surface area (Å²) in [5.41, 5.74) is 8.03. The molecule has 2 amide bonds. The van der Waals surface area contributed by atoms with E-state index in [-0.39, 0.29) is 29.9 Å². The maximum absolute atomic E-state index is 12.7. The topological polar surface area (TPSA) is 61.4 Å². The minimum atomic E-state index is -0.287. The van der Waals surface area contributed by atoms with Gasteiger partial charge in [0.05, 0.1) is 12.1 Å². The first-order valence-electron chi connectivity index (χ1n) is 7.21. The zero-order valence-corrected chi connectivity index (χ0v) is 11.1. The molecule has 0 spiro atoms. The third-order valence-electron chi connectivity index (χ3n) is 4.70.